The van der Waals surface area contributed by atoms with Gasteiger partial charge in [-0.05, 0) is 13.8 Å². The lowest BCUT2D eigenvalue weighted by Gasteiger charge is -1.97. The molecule has 0 fully saturated rings. The number of aliphatic carboxylic acids is 1. The van der Waals surface area contributed by atoms with E-state index in [0.29, 0.717) is 11.1 Å². The Morgan fingerprint density at radius 3 is 1.71 bits per heavy atom. The van der Waals surface area contributed by atoms with E-state index in [9.17, 15) is 14.4 Å². The van der Waals surface area contributed by atoms with Gasteiger partial charge in [0.2, 0.25) is 5.91 Å². The smallest absolute Gasteiger partial charge is 0.333 e. The summed E-state index contributed by atoms with van der Waals surface area (Å²) in [6.07, 6.45) is -0.368. The normalized spacial score (nSPS) is 7.52. The maximum Gasteiger partial charge on any atom is 0.333 e. The average molecular weight is 296 g/mol. The van der Waals surface area contributed by atoms with Gasteiger partial charge in [0.1, 0.15) is 0 Å². The van der Waals surface area contributed by atoms with E-state index in [-0.39, 0.29) is 12.0 Å². The van der Waals surface area contributed by atoms with Crippen LogP contribution in [0.5, 0.6) is 0 Å². The number of ether oxygens (including phenoxy) is 1. The van der Waals surface area contributed by atoms with Crippen molar-refractivity contribution in [3.63, 3.8) is 0 Å². The number of carboxylic acid groups (broad SMARTS) is 1. The van der Waals surface area contributed by atoms with Crippen LogP contribution >= 0.6 is 0 Å². The number of amides is 1. The summed E-state index contributed by atoms with van der Waals surface area (Å²) in [6.45, 7) is 13.0. The first-order valence-corrected chi connectivity index (χ1v) is 5.48. The fourth-order valence-corrected chi connectivity index (χ4v) is 0.399. The molecule has 7 nitrogen and oxygen atoms in total. The molecule has 0 atom stereocenters. The van der Waals surface area contributed by atoms with Crippen LogP contribution in [0.2, 0.25) is 0 Å². The lowest BCUT2D eigenvalue weighted by Crippen LogP contribution is -2.10. The molecule has 0 aromatic rings. The topological polar surface area (TPSA) is 130 Å². The highest BCUT2D eigenvalue weighted by molar-refractivity contribution is 5.92. The van der Waals surface area contributed by atoms with Crippen molar-refractivity contribution in [2.24, 2.45) is 5.73 Å². The molecule has 0 unspecified atom stereocenters. The highest BCUT2D eigenvalue weighted by Crippen LogP contribution is 1.98. The fourth-order valence-electron chi connectivity index (χ4n) is 0.399. The maximum absolute atomic E-state index is 10.5. The fraction of sp³-hybridized carbons (Fsp3) is 0.286. The van der Waals surface area contributed by atoms with Gasteiger partial charge < -0.3 is 15.6 Å². The number of hydrogen-bond acceptors (Lipinski definition) is 5. The lowest BCUT2D eigenvalue weighted by atomic mass is 10.2. The Balaban J connectivity index is -0.000000252. The second-order valence-electron chi connectivity index (χ2n) is 3.70. The van der Waals surface area contributed by atoms with E-state index in [2.05, 4.69) is 24.5 Å². The summed E-state index contributed by atoms with van der Waals surface area (Å²) in [7, 11) is 1.18. The number of carbonyl (C=O) groups excluding carboxylic acids is 2. The van der Waals surface area contributed by atoms with Gasteiger partial charge in [0, 0.05) is 16.7 Å². The highest BCUT2D eigenvalue weighted by Gasteiger charge is 2.09. The molecule has 7 heteroatoms. The van der Waals surface area contributed by atoms with Crippen molar-refractivity contribution in [1.82, 2.24) is 0 Å². The summed E-state index contributed by atoms with van der Waals surface area (Å²) in [5, 5.41) is 16.0. The summed E-state index contributed by atoms with van der Waals surface area (Å²) in [5.74, 6) is -2.20. The number of esters is 1. The molecule has 0 radical (unpaired) electrons. The van der Waals surface area contributed by atoms with Gasteiger partial charge in [-0.15, -0.1) is 0 Å². The Bertz CT molecular complexity index is 460. The number of nitrogens with zero attached hydrogens (tertiary/aromatic N) is 1. The standard InChI is InChI=1S/C6H8O4.C4H7NO.C4H5N/c1-4(3-5(7)8)6(9)10-2;1-3(2)4(5)6;1-4(2)3-5/h1,3H2,2H3,(H,7,8);1H2,2H3,(H2,5,6);1H2,2H3. The zero-order chi connectivity index (χ0) is 17.6. The third-order valence-corrected chi connectivity index (χ3v) is 1.45. The van der Waals surface area contributed by atoms with Gasteiger partial charge in [-0.25, -0.2) is 4.79 Å². The first-order chi connectivity index (χ1) is 9.49. The zero-order valence-corrected chi connectivity index (χ0v) is 12.4. The van der Waals surface area contributed by atoms with Crippen molar-refractivity contribution in [2.45, 2.75) is 20.3 Å². The molecule has 0 aromatic heterocycles. The quantitative estimate of drug-likeness (QED) is 0.457. The minimum absolute atomic E-state index is 0.0463. The van der Waals surface area contributed by atoms with Crippen LogP contribution < -0.4 is 5.73 Å². The zero-order valence-electron chi connectivity index (χ0n) is 12.4. The molecule has 0 aliphatic rings. The number of rotatable bonds is 4. The van der Waals surface area contributed by atoms with Crippen molar-refractivity contribution < 1.29 is 24.2 Å². The predicted molar refractivity (Wildman–Crippen MR) is 77.8 cm³/mol. The van der Waals surface area contributed by atoms with Crippen LogP contribution in [-0.4, -0.2) is 30.1 Å². The largest absolute Gasteiger partial charge is 0.481 e. The Hall–Kier alpha value is -2.88. The van der Waals surface area contributed by atoms with Crippen LogP contribution in [0.3, 0.4) is 0 Å². The van der Waals surface area contributed by atoms with Gasteiger partial charge in [0.05, 0.1) is 19.6 Å². The van der Waals surface area contributed by atoms with Gasteiger partial charge in [-0.1, -0.05) is 19.7 Å². The number of allylic oxidation sites excluding steroid dienone is 1. The molecule has 0 saturated carbocycles. The van der Waals surface area contributed by atoms with Crippen molar-refractivity contribution in [3.8, 4) is 6.07 Å². The summed E-state index contributed by atoms with van der Waals surface area (Å²) < 4.78 is 4.21. The third-order valence-electron chi connectivity index (χ3n) is 1.45. The van der Waals surface area contributed by atoms with Crippen LogP contribution in [0.4, 0.5) is 0 Å². The minimum atomic E-state index is -1.09. The Morgan fingerprint density at radius 2 is 1.57 bits per heavy atom. The summed E-state index contributed by atoms with van der Waals surface area (Å²) in [5.41, 5.74) is 5.61. The molecular formula is C14H20N2O5. The number of primary amides is 1. The van der Waals surface area contributed by atoms with Crippen LogP contribution in [0.1, 0.15) is 20.3 Å². The van der Waals surface area contributed by atoms with Gasteiger partial charge in [0.15, 0.2) is 0 Å². The monoisotopic (exact) mass is 296 g/mol. The number of nitriles is 1. The van der Waals surface area contributed by atoms with Crippen molar-refractivity contribution in [3.05, 3.63) is 36.5 Å². The van der Waals surface area contributed by atoms with Crippen LogP contribution in [-0.2, 0) is 19.1 Å². The molecule has 0 saturated heterocycles. The Morgan fingerprint density at radius 1 is 1.24 bits per heavy atom. The molecule has 0 rings (SSSR count). The van der Waals surface area contributed by atoms with Gasteiger partial charge in [0.25, 0.3) is 0 Å². The minimum Gasteiger partial charge on any atom is -0.481 e. The molecule has 0 spiro atoms. The molecule has 0 aromatic carbocycles. The van der Waals surface area contributed by atoms with Gasteiger partial charge in [-0.2, -0.15) is 5.26 Å². The van der Waals surface area contributed by atoms with E-state index < -0.39 is 17.8 Å². The van der Waals surface area contributed by atoms with Gasteiger partial charge in [-0.3, -0.25) is 9.59 Å². The molecule has 0 heterocycles. The van der Waals surface area contributed by atoms with Crippen molar-refractivity contribution in [1.29, 1.82) is 5.26 Å². The number of methoxy groups -OCH3 is 1. The Kier molecular flexibility index (Phi) is 15.0. The summed E-state index contributed by atoms with van der Waals surface area (Å²) in [4.78, 5) is 30.2. The first-order valence-electron chi connectivity index (χ1n) is 5.48. The maximum atomic E-state index is 10.5. The number of carboxylic acids is 1. The highest BCUT2D eigenvalue weighted by atomic mass is 16.5. The molecule has 0 bridgehead atoms. The molecular weight excluding hydrogens is 276 g/mol. The first kappa shape index (κ1) is 23.2. The lowest BCUT2D eigenvalue weighted by molar-refractivity contribution is -0.141. The Labute approximate surface area is 124 Å². The molecule has 21 heavy (non-hydrogen) atoms. The van der Waals surface area contributed by atoms with E-state index in [1.807, 2.05) is 6.07 Å². The number of nitrogens with two attached hydrogens (primary N) is 1. The van der Waals surface area contributed by atoms with E-state index in [4.69, 9.17) is 16.1 Å². The molecule has 116 valence electrons. The number of carbonyl (C=O) groups is 3. The predicted octanol–water partition coefficient (Wildman–Crippen LogP) is 1.32. The van der Waals surface area contributed by atoms with E-state index >= 15 is 0 Å². The number of hydrogen-bond donors (Lipinski definition) is 2. The molecule has 3 N–H and O–H groups in total. The SMILES string of the molecule is C=C(C)C#N.C=C(C)C(N)=O.C=C(CC(=O)O)C(=O)OC. The molecule has 1 amide bonds. The van der Waals surface area contributed by atoms with Crippen LogP contribution in [0, 0.1) is 11.3 Å². The summed E-state index contributed by atoms with van der Waals surface area (Å²) >= 11 is 0. The van der Waals surface area contributed by atoms with Gasteiger partial charge >= 0.3 is 11.9 Å². The van der Waals surface area contributed by atoms with Crippen molar-refractivity contribution >= 4 is 17.8 Å². The van der Waals surface area contributed by atoms with Crippen LogP contribution in [0.15, 0.2) is 36.5 Å². The average Bonchev–Trinajstić information content (AvgIpc) is 2.38. The summed E-state index contributed by atoms with van der Waals surface area (Å²) in [6, 6.07) is 1.83. The molecule has 0 aliphatic carbocycles. The third kappa shape index (κ3) is 22.7. The van der Waals surface area contributed by atoms with E-state index in [1.165, 1.54) is 7.11 Å². The van der Waals surface area contributed by atoms with E-state index in [1.54, 1.807) is 13.8 Å². The second-order valence-corrected chi connectivity index (χ2v) is 3.70. The van der Waals surface area contributed by atoms with Crippen LogP contribution in [0.25, 0.3) is 0 Å². The molecule has 0 aliphatic heterocycles. The van der Waals surface area contributed by atoms with E-state index in [0.717, 1.165) is 0 Å². The van der Waals surface area contributed by atoms with Crippen molar-refractivity contribution in [2.75, 3.05) is 7.11 Å². The second kappa shape index (κ2) is 13.5.